The molecule has 0 radical (unpaired) electrons. The molecule has 1 aliphatic rings. The minimum Gasteiger partial charge on any atom is -0.365 e. The van der Waals surface area contributed by atoms with Gasteiger partial charge in [-0.3, -0.25) is 10.1 Å². The van der Waals surface area contributed by atoms with Crippen molar-refractivity contribution in [2.45, 2.75) is 12.6 Å². The second-order valence-corrected chi connectivity index (χ2v) is 4.37. The highest BCUT2D eigenvalue weighted by atomic mass is 35.5. The number of rotatable bonds is 2. The Bertz CT molecular complexity index is 463. The highest BCUT2D eigenvalue weighted by molar-refractivity contribution is 6.42. The summed E-state index contributed by atoms with van der Waals surface area (Å²) in [5.41, 5.74) is 0.680. The Morgan fingerprint density at radius 3 is 2.65 bits per heavy atom. The molecule has 3 amide bonds. The molecule has 1 atom stereocenters. The lowest BCUT2D eigenvalue weighted by atomic mass is 10.2. The van der Waals surface area contributed by atoms with Crippen LogP contribution in [0, 0.1) is 0 Å². The van der Waals surface area contributed by atoms with Crippen LogP contribution in [-0.4, -0.2) is 18.1 Å². The molecule has 3 N–H and O–H groups in total. The van der Waals surface area contributed by atoms with E-state index in [9.17, 15) is 9.59 Å². The van der Waals surface area contributed by atoms with Crippen molar-refractivity contribution in [3.63, 3.8) is 0 Å². The van der Waals surface area contributed by atoms with Crippen LogP contribution in [0.3, 0.4) is 0 Å². The van der Waals surface area contributed by atoms with Crippen molar-refractivity contribution in [1.29, 1.82) is 0 Å². The molecule has 1 heterocycles. The van der Waals surface area contributed by atoms with Gasteiger partial charge in [-0.25, -0.2) is 4.79 Å². The van der Waals surface area contributed by atoms with Crippen LogP contribution >= 0.6 is 23.2 Å². The molecule has 0 aromatic heterocycles. The van der Waals surface area contributed by atoms with Crippen LogP contribution in [0.5, 0.6) is 0 Å². The third kappa shape index (κ3) is 3.01. The van der Waals surface area contributed by atoms with E-state index in [0.717, 1.165) is 0 Å². The number of nitrogens with one attached hydrogen (secondary N) is 3. The first-order valence-electron chi connectivity index (χ1n) is 4.86. The summed E-state index contributed by atoms with van der Waals surface area (Å²) in [6, 6.07) is 4.46. The van der Waals surface area contributed by atoms with Gasteiger partial charge in [-0.15, -0.1) is 0 Å². The Morgan fingerprint density at radius 1 is 1.24 bits per heavy atom. The average Bonchev–Trinajstić information content (AvgIpc) is 2.22. The molecule has 1 aliphatic heterocycles. The van der Waals surface area contributed by atoms with Crippen LogP contribution in [0.2, 0.25) is 10.0 Å². The summed E-state index contributed by atoms with van der Waals surface area (Å²) in [7, 11) is 0. The summed E-state index contributed by atoms with van der Waals surface area (Å²) in [6.45, 7) is 0. The SMILES string of the molecule is O=C1CC(Nc2ccc(Cl)c(Cl)c2)NC(=O)N1. The van der Waals surface area contributed by atoms with Crippen molar-refractivity contribution in [2.75, 3.05) is 5.32 Å². The van der Waals surface area contributed by atoms with E-state index >= 15 is 0 Å². The molecule has 1 aromatic carbocycles. The predicted molar refractivity (Wildman–Crippen MR) is 65.2 cm³/mol. The third-order valence-electron chi connectivity index (χ3n) is 2.21. The third-order valence-corrected chi connectivity index (χ3v) is 2.95. The summed E-state index contributed by atoms with van der Waals surface area (Å²) < 4.78 is 0. The molecule has 1 saturated heterocycles. The van der Waals surface area contributed by atoms with Crippen LogP contribution < -0.4 is 16.0 Å². The Kier molecular flexibility index (Phi) is 3.40. The number of benzene rings is 1. The van der Waals surface area contributed by atoms with Crippen LogP contribution in [0.15, 0.2) is 18.2 Å². The monoisotopic (exact) mass is 273 g/mol. The van der Waals surface area contributed by atoms with Crippen molar-refractivity contribution in [1.82, 2.24) is 10.6 Å². The molecule has 1 unspecified atom stereocenters. The molecule has 90 valence electrons. The van der Waals surface area contributed by atoms with Crippen molar-refractivity contribution in [3.8, 4) is 0 Å². The molecule has 17 heavy (non-hydrogen) atoms. The molecule has 0 bridgehead atoms. The van der Waals surface area contributed by atoms with Crippen LogP contribution in [0.4, 0.5) is 10.5 Å². The maximum Gasteiger partial charge on any atom is 0.323 e. The summed E-state index contributed by atoms with van der Waals surface area (Å²) in [4.78, 5) is 22.2. The van der Waals surface area contributed by atoms with Gasteiger partial charge in [-0.1, -0.05) is 23.2 Å². The predicted octanol–water partition coefficient (Wildman–Crippen LogP) is 1.96. The first-order chi connectivity index (χ1) is 8.04. The first kappa shape index (κ1) is 12.0. The second kappa shape index (κ2) is 4.81. The van der Waals surface area contributed by atoms with E-state index in [2.05, 4.69) is 16.0 Å². The number of hydrogen-bond donors (Lipinski definition) is 3. The van der Waals surface area contributed by atoms with Crippen LogP contribution in [0.25, 0.3) is 0 Å². The lowest BCUT2D eigenvalue weighted by Gasteiger charge is -2.24. The molecular weight excluding hydrogens is 265 g/mol. The van der Waals surface area contributed by atoms with Gasteiger partial charge in [-0.2, -0.15) is 0 Å². The topological polar surface area (TPSA) is 70.2 Å². The van der Waals surface area contributed by atoms with Gasteiger partial charge in [0.15, 0.2) is 0 Å². The van der Waals surface area contributed by atoms with Gasteiger partial charge in [0.1, 0.15) is 6.17 Å². The van der Waals surface area contributed by atoms with Crippen molar-refractivity contribution < 1.29 is 9.59 Å². The normalized spacial score (nSPS) is 19.5. The first-order valence-corrected chi connectivity index (χ1v) is 5.62. The maximum absolute atomic E-state index is 11.1. The quantitative estimate of drug-likeness (QED) is 0.772. The van der Waals surface area contributed by atoms with E-state index < -0.39 is 12.2 Å². The molecule has 1 aromatic rings. The van der Waals surface area contributed by atoms with Crippen molar-refractivity contribution in [3.05, 3.63) is 28.2 Å². The van der Waals surface area contributed by atoms with Crippen LogP contribution in [-0.2, 0) is 4.79 Å². The number of hydrogen-bond acceptors (Lipinski definition) is 3. The van der Waals surface area contributed by atoms with E-state index in [1.165, 1.54) is 0 Å². The summed E-state index contributed by atoms with van der Waals surface area (Å²) in [5.74, 6) is -0.327. The Morgan fingerprint density at radius 2 is 2.00 bits per heavy atom. The second-order valence-electron chi connectivity index (χ2n) is 3.55. The Balaban J connectivity index is 2.07. The van der Waals surface area contributed by atoms with Gasteiger partial charge in [0, 0.05) is 5.69 Å². The van der Waals surface area contributed by atoms with Gasteiger partial charge in [0.2, 0.25) is 5.91 Å². The van der Waals surface area contributed by atoms with Crippen LogP contribution in [0.1, 0.15) is 6.42 Å². The molecule has 0 spiro atoms. The summed E-state index contributed by atoms with van der Waals surface area (Å²) in [6.07, 6.45) is -0.292. The van der Waals surface area contributed by atoms with E-state index in [4.69, 9.17) is 23.2 Å². The zero-order valence-corrected chi connectivity index (χ0v) is 10.1. The van der Waals surface area contributed by atoms with Gasteiger partial charge in [0.05, 0.1) is 16.5 Å². The molecular formula is C10H9Cl2N3O2. The summed E-state index contributed by atoms with van der Waals surface area (Å²) in [5, 5.41) is 8.54. The van der Waals surface area contributed by atoms with E-state index in [1.807, 2.05) is 0 Å². The zero-order chi connectivity index (χ0) is 12.4. The van der Waals surface area contributed by atoms with E-state index in [1.54, 1.807) is 18.2 Å². The molecule has 1 fully saturated rings. The van der Waals surface area contributed by atoms with Gasteiger partial charge < -0.3 is 10.6 Å². The lowest BCUT2D eigenvalue weighted by molar-refractivity contribution is -0.121. The van der Waals surface area contributed by atoms with E-state index in [0.29, 0.717) is 15.7 Å². The maximum atomic E-state index is 11.1. The average molecular weight is 274 g/mol. The van der Waals surface area contributed by atoms with Gasteiger partial charge >= 0.3 is 6.03 Å². The Labute approximate surface area is 107 Å². The molecule has 0 saturated carbocycles. The van der Waals surface area contributed by atoms with E-state index in [-0.39, 0.29) is 12.3 Å². The smallest absolute Gasteiger partial charge is 0.323 e. The number of anilines is 1. The lowest BCUT2D eigenvalue weighted by Crippen LogP contribution is -2.55. The fourth-order valence-electron chi connectivity index (χ4n) is 1.48. The minimum atomic E-state index is -0.515. The molecule has 7 heteroatoms. The fourth-order valence-corrected chi connectivity index (χ4v) is 1.78. The number of amides is 3. The number of halogens is 2. The number of carbonyl (C=O) groups is 2. The summed E-state index contributed by atoms with van der Waals surface area (Å²) >= 11 is 11.6. The zero-order valence-electron chi connectivity index (χ0n) is 8.59. The highest BCUT2D eigenvalue weighted by Gasteiger charge is 2.23. The minimum absolute atomic E-state index is 0.159. The largest absolute Gasteiger partial charge is 0.365 e. The van der Waals surface area contributed by atoms with Crippen molar-refractivity contribution in [2.24, 2.45) is 0 Å². The Hall–Kier alpha value is -1.46. The number of imide groups is 1. The number of urea groups is 1. The fraction of sp³-hybridized carbons (Fsp3) is 0.200. The standard InChI is InChI=1S/C10H9Cl2N3O2/c11-6-2-1-5(3-7(6)12)13-8-4-9(16)15-10(17)14-8/h1-3,8,13H,4H2,(H2,14,15,16,17). The molecule has 0 aliphatic carbocycles. The van der Waals surface area contributed by atoms with Gasteiger partial charge in [0.25, 0.3) is 0 Å². The number of carbonyl (C=O) groups excluding carboxylic acids is 2. The van der Waals surface area contributed by atoms with Crippen molar-refractivity contribution >= 4 is 40.8 Å². The molecule has 2 rings (SSSR count). The van der Waals surface area contributed by atoms with Gasteiger partial charge in [-0.05, 0) is 18.2 Å². The molecule has 5 nitrogen and oxygen atoms in total. The highest BCUT2D eigenvalue weighted by Crippen LogP contribution is 2.25.